The van der Waals surface area contributed by atoms with Crippen molar-refractivity contribution in [3.8, 4) is 5.69 Å². The molecular weight excluding hydrogens is 270 g/mol. The Kier molecular flexibility index (Phi) is 5.64. The Balaban J connectivity index is 2.37. The van der Waals surface area contributed by atoms with Gasteiger partial charge in [0.2, 0.25) is 0 Å². The van der Waals surface area contributed by atoms with Crippen molar-refractivity contribution < 1.29 is 4.74 Å². The number of hydrogen-bond acceptors (Lipinski definition) is 4. The Morgan fingerprint density at radius 1 is 1.30 bits per heavy atom. The molecular formula is C15H21N3OS. The molecule has 20 heavy (non-hydrogen) atoms. The molecule has 1 heterocycles. The molecule has 0 amide bonds. The fourth-order valence-electron chi connectivity index (χ4n) is 2.08. The lowest BCUT2D eigenvalue weighted by molar-refractivity contribution is 0.218. The van der Waals surface area contributed by atoms with Crippen molar-refractivity contribution in [2.24, 2.45) is 5.73 Å². The maximum atomic E-state index is 5.73. The minimum Gasteiger partial charge on any atom is -0.384 e. The van der Waals surface area contributed by atoms with Crippen LogP contribution in [0.3, 0.4) is 0 Å². The average Bonchev–Trinajstić information content (AvgIpc) is 2.78. The van der Waals surface area contributed by atoms with Gasteiger partial charge in [0.25, 0.3) is 0 Å². The molecule has 2 rings (SSSR count). The smallest absolute Gasteiger partial charge is 0.103 e. The van der Waals surface area contributed by atoms with Gasteiger partial charge in [-0.3, -0.25) is 0 Å². The molecule has 108 valence electrons. The molecule has 5 heteroatoms. The van der Waals surface area contributed by atoms with Crippen LogP contribution in [0.25, 0.3) is 5.69 Å². The number of hydrogen-bond donors (Lipinski definition) is 1. The second kappa shape index (κ2) is 7.47. The molecule has 2 N–H and O–H groups in total. The number of para-hydroxylation sites is 1. The Bertz CT molecular complexity index is 540. The first-order valence-electron chi connectivity index (χ1n) is 6.73. The first kappa shape index (κ1) is 15.1. The number of methoxy groups -OCH3 is 1. The van der Waals surface area contributed by atoms with Crippen LogP contribution in [0.2, 0.25) is 0 Å². The van der Waals surface area contributed by atoms with Gasteiger partial charge in [-0.05, 0) is 32.0 Å². The van der Waals surface area contributed by atoms with Gasteiger partial charge in [-0.1, -0.05) is 18.2 Å². The molecule has 0 radical (unpaired) electrons. The Morgan fingerprint density at radius 2 is 2.05 bits per heavy atom. The first-order valence-corrected chi connectivity index (χ1v) is 7.72. The third-order valence-corrected chi connectivity index (χ3v) is 4.12. The van der Waals surface area contributed by atoms with Crippen LogP contribution in [0.4, 0.5) is 0 Å². The molecule has 0 aliphatic heterocycles. The summed E-state index contributed by atoms with van der Waals surface area (Å²) in [5, 5.41) is 5.85. The van der Waals surface area contributed by atoms with Gasteiger partial charge >= 0.3 is 0 Å². The van der Waals surface area contributed by atoms with E-state index in [0.717, 1.165) is 30.2 Å². The van der Waals surface area contributed by atoms with Gasteiger partial charge in [-0.25, -0.2) is 4.68 Å². The van der Waals surface area contributed by atoms with E-state index in [1.807, 2.05) is 29.8 Å². The molecule has 0 saturated heterocycles. The van der Waals surface area contributed by atoms with E-state index in [-0.39, 0.29) is 0 Å². The SMILES string of the molecule is COCCSc1c(CCN)c(C)nn1-c1ccccc1. The molecule has 0 spiro atoms. The molecule has 0 atom stereocenters. The maximum Gasteiger partial charge on any atom is 0.103 e. The van der Waals surface area contributed by atoms with Crippen molar-refractivity contribution in [1.82, 2.24) is 9.78 Å². The zero-order chi connectivity index (χ0) is 14.4. The van der Waals surface area contributed by atoms with Gasteiger partial charge in [-0.15, -0.1) is 11.8 Å². The lowest BCUT2D eigenvalue weighted by Gasteiger charge is -2.09. The van der Waals surface area contributed by atoms with Crippen molar-refractivity contribution in [2.45, 2.75) is 18.4 Å². The number of thioether (sulfide) groups is 1. The Labute approximate surface area is 124 Å². The van der Waals surface area contributed by atoms with E-state index in [1.165, 1.54) is 10.6 Å². The van der Waals surface area contributed by atoms with E-state index >= 15 is 0 Å². The third kappa shape index (κ3) is 3.42. The summed E-state index contributed by atoms with van der Waals surface area (Å²) in [6.45, 7) is 3.41. The zero-order valence-corrected chi connectivity index (χ0v) is 12.8. The number of rotatable bonds is 7. The number of benzene rings is 1. The van der Waals surface area contributed by atoms with Crippen molar-refractivity contribution in [3.05, 3.63) is 41.6 Å². The summed E-state index contributed by atoms with van der Waals surface area (Å²) in [4.78, 5) is 0. The zero-order valence-electron chi connectivity index (χ0n) is 12.0. The molecule has 0 aliphatic carbocycles. The monoisotopic (exact) mass is 291 g/mol. The highest BCUT2D eigenvalue weighted by Gasteiger charge is 2.16. The Hall–Kier alpha value is -1.30. The summed E-state index contributed by atoms with van der Waals surface area (Å²) >= 11 is 1.77. The van der Waals surface area contributed by atoms with E-state index in [2.05, 4.69) is 17.2 Å². The largest absolute Gasteiger partial charge is 0.384 e. The minimum atomic E-state index is 0.638. The summed E-state index contributed by atoms with van der Waals surface area (Å²) in [5.41, 5.74) is 9.11. The highest BCUT2D eigenvalue weighted by atomic mass is 32.2. The van der Waals surface area contributed by atoms with Crippen LogP contribution in [0.15, 0.2) is 35.4 Å². The predicted octanol–water partition coefficient (Wildman–Crippen LogP) is 2.42. The van der Waals surface area contributed by atoms with Gasteiger partial charge < -0.3 is 10.5 Å². The number of ether oxygens (including phenoxy) is 1. The van der Waals surface area contributed by atoms with Crippen molar-refractivity contribution in [1.29, 1.82) is 0 Å². The minimum absolute atomic E-state index is 0.638. The molecule has 0 saturated carbocycles. The van der Waals surface area contributed by atoms with Crippen LogP contribution >= 0.6 is 11.8 Å². The van der Waals surface area contributed by atoms with Crippen LogP contribution < -0.4 is 5.73 Å². The van der Waals surface area contributed by atoms with Gasteiger partial charge in [0, 0.05) is 18.4 Å². The molecule has 4 nitrogen and oxygen atoms in total. The van der Waals surface area contributed by atoms with Crippen LogP contribution in [-0.4, -0.2) is 35.8 Å². The summed E-state index contributed by atoms with van der Waals surface area (Å²) in [6.07, 6.45) is 0.855. The highest BCUT2D eigenvalue weighted by Crippen LogP contribution is 2.28. The third-order valence-electron chi connectivity index (χ3n) is 3.06. The van der Waals surface area contributed by atoms with E-state index in [9.17, 15) is 0 Å². The maximum absolute atomic E-state index is 5.73. The number of aryl methyl sites for hydroxylation is 1. The normalized spacial score (nSPS) is 10.9. The molecule has 0 fully saturated rings. The van der Waals surface area contributed by atoms with Crippen LogP contribution in [-0.2, 0) is 11.2 Å². The van der Waals surface area contributed by atoms with Crippen molar-refractivity contribution >= 4 is 11.8 Å². The predicted molar refractivity (Wildman–Crippen MR) is 83.7 cm³/mol. The van der Waals surface area contributed by atoms with Crippen molar-refractivity contribution in [2.75, 3.05) is 26.0 Å². The number of nitrogens with two attached hydrogens (primary N) is 1. The fraction of sp³-hybridized carbons (Fsp3) is 0.400. The summed E-state index contributed by atoms with van der Waals surface area (Å²) in [7, 11) is 1.72. The van der Waals surface area contributed by atoms with Crippen LogP contribution in [0, 0.1) is 6.92 Å². The molecule has 0 bridgehead atoms. The number of nitrogens with zero attached hydrogens (tertiary/aromatic N) is 2. The van der Waals surface area contributed by atoms with E-state index in [4.69, 9.17) is 10.5 Å². The van der Waals surface area contributed by atoms with E-state index in [1.54, 1.807) is 18.9 Å². The first-order chi connectivity index (χ1) is 9.77. The van der Waals surface area contributed by atoms with Gasteiger partial charge in [0.1, 0.15) is 5.03 Å². The van der Waals surface area contributed by atoms with Crippen molar-refractivity contribution in [3.63, 3.8) is 0 Å². The quantitative estimate of drug-likeness (QED) is 0.629. The topological polar surface area (TPSA) is 53.1 Å². The highest BCUT2D eigenvalue weighted by molar-refractivity contribution is 7.99. The van der Waals surface area contributed by atoms with Gasteiger partial charge in [-0.2, -0.15) is 5.10 Å². The molecule has 1 aromatic heterocycles. The summed E-state index contributed by atoms with van der Waals surface area (Å²) in [5.74, 6) is 0.909. The molecule has 0 unspecified atom stereocenters. The summed E-state index contributed by atoms with van der Waals surface area (Å²) in [6, 6.07) is 10.2. The lowest BCUT2D eigenvalue weighted by Crippen LogP contribution is -2.05. The fourth-order valence-corrected chi connectivity index (χ4v) is 3.22. The standard InChI is InChI=1S/C15H21N3OS/c1-12-14(8-9-16)15(20-11-10-19-2)18(17-12)13-6-4-3-5-7-13/h3-7H,8-11,16H2,1-2H3. The molecule has 1 aromatic carbocycles. The number of aromatic nitrogens is 2. The van der Waals surface area contributed by atoms with Gasteiger partial charge in [0.05, 0.1) is 18.0 Å². The van der Waals surface area contributed by atoms with Gasteiger partial charge in [0.15, 0.2) is 0 Å². The molecule has 0 aliphatic rings. The Morgan fingerprint density at radius 3 is 2.70 bits per heavy atom. The lowest BCUT2D eigenvalue weighted by atomic mass is 10.2. The average molecular weight is 291 g/mol. The van der Waals surface area contributed by atoms with E-state index in [0.29, 0.717) is 6.54 Å². The van der Waals surface area contributed by atoms with Crippen LogP contribution in [0.5, 0.6) is 0 Å². The van der Waals surface area contributed by atoms with Crippen LogP contribution in [0.1, 0.15) is 11.3 Å². The molecule has 2 aromatic rings. The summed E-state index contributed by atoms with van der Waals surface area (Å²) < 4.78 is 7.16. The second-order valence-electron chi connectivity index (χ2n) is 4.50. The second-order valence-corrected chi connectivity index (χ2v) is 5.58. The van der Waals surface area contributed by atoms with E-state index < -0.39 is 0 Å².